The lowest BCUT2D eigenvalue weighted by Crippen LogP contribution is -2.50. The average molecular weight is 360 g/mol. The predicted octanol–water partition coefficient (Wildman–Crippen LogP) is 1.19. The molecule has 0 radical (unpaired) electrons. The van der Waals surface area contributed by atoms with Gasteiger partial charge in [0.2, 0.25) is 10.0 Å². The lowest BCUT2D eigenvalue weighted by Gasteiger charge is -2.33. The Hall–Kier alpha value is -2.32. The van der Waals surface area contributed by atoms with Crippen molar-refractivity contribution in [1.82, 2.24) is 19.2 Å². The zero-order valence-corrected chi connectivity index (χ0v) is 14.8. The maximum absolute atomic E-state index is 12.7. The van der Waals surface area contributed by atoms with Crippen LogP contribution in [0.3, 0.4) is 0 Å². The smallest absolute Gasteiger partial charge is 0.274 e. The van der Waals surface area contributed by atoms with Crippen LogP contribution in [0.1, 0.15) is 23.0 Å². The standard InChI is InChI=1S/C17H20N4O3S/c1-2-14-3-5-15(6-4-14)25(23,24)21-11-9-20(10-12-21)17(22)16-13-18-7-8-19-16/h3-8,13H,2,9-12H2,1H3. The topological polar surface area (TPSA) is 83.5 Å². The third-order valence-electron chi connectivity index (χ3n) is 4.28. The van der Waals surface area contributed by atoms with Gasteiger partial charge in [0.1, 0.15) is 5.69 Å². The summed E-state index contributed by atoms with van der Waals surface area (Å²) in [5.74, 6) is -0.225. The second-order valence-corrected chi connectivity index (χ2v) is 7.72. The summed E-state index contributed by atoms with van der Waals surface area (Å²) in [4.78, 5) is 22.1. The minimum Gasteiger partial charge on any atom is -0.335 e. The highest BCUT2D eigenvalue weighted by atomic mass is 32.2. The number of piperazine rings is 1. The summed E-state index contributed by atoms with van der Waals surface area (Å²) in [7, 11) is -3.53. The van der Waals surface area contributed by atoms with Crippen molar-refractivity contribution in [2.45, 2.75) is 18.2 Å². The average Bonchev–Trinajstić information content (AvgIpc) is 2.68. The summed E-state index contributed by atoms with van der Waals surface area (Å²) >= 11 is 0. The van der Waals surface area contributed by atoms with Crippen molar-refractivity contribution < 1.29 is 13.2 Å². The highest BCUT2D eigenvalue weighted by molar-refractivity contribution is 7.89. The number of hydrogen-bond donors (Lipinski definition) is 0. The first-order valence-electron chi connectivity index (χ1n) is 8.16. The van der Waals surface area contributed by atoms with Crippen LogP contribution >= 0.6 is 0 Å². The van der Waals surface area contributed by atoms with Gasteiger partial charge in [-0.2, -0.15) is 4.31 Å². The molecule has 0 atom stereocenters. The molecular weight excluding hydrogens is 340 g/mol. The zero-order chi connectivity index (χ0) is 17.9. The number of aryl methyl sites for hydroxylation is 1. The van der Waals surface area contributed by atoms with E-state index in [0.29, 0.717) is 18.0 Å². The van der Waals surface area contributed by atoms with Gasteiger partial charge in [0.15, 0.2) is 0 Å². The molecule has 1 saturated heterocycles. The van der Waals surface area contributed by atoms with Crippen molar-refractivity contribution in [3.05, 3.63) is 54.1 Å². The van der Waals surface area contributed by atoms with Crippen LogP contribution < -0.4 is 0 Å². The predicted molar refractivity (Wildman–Crippen MR) is 92.5 cm³/mol. The van der Waals surface area contributed by atoms with Crippen LogP contribution in [0.4, 0.5) is 0 Å². The van der Waals surface area contributed by atoms with Crippen LogP contribution in [0.5, 0.6) is 0 Å². The molecule has 0 spiro atoms. The van der Waals surface area contributed by atoms with Crippen molar-refractivity contribution in [1.29, 1.82) is 0 Å². The molecule has 1 amide bonds. The molecule has 1 aliphatic rings. The molecule has 1 aromatic carbocycles. The number of sulfonamides is 1. The van der Waals surface area contributed by atoms with Gasteiger partial charge in [0.05, 0.1) is 11.1 Å². The van der Waals surface area contributed by atoms with E-state index in [1.54, 1.807) is 17.0 Å². The third kappa shape index (κ3) is 3.69. The van der Waals surface area contributed by atoms with Crippen molar-refractivity contribution in [2.24, 2.45) is 0 Å². The fourth-order valence-corrected chi connectivity index (χ4v) is 4.17. The van der Waals surface area contributed by atoms with E-state index in [0.717, 1.165) is 12.0 Å². The van der Waals surface area contributed by atoms with E-state index in [-0.39, 0.29) is 24.7 Å². The maximum Gasteiger partial charge on any atom is 0.274 e. The molecule has 3 rings (SSSR count). The van der Waals surface area contributed by atoms with E-state index in [9.17, 15) is 13.2 Å². The van der Waals surface area contributed by atoms with E-state index in [1.807, 2.05) is 19.1 Å². The first-order valence-corrected chi connectivity index (χ1v) is 9.60. The minimum absolute atomic E-state index is 0.225. The second kappa shape index (κ2) is 7.28. The Morgan fingerprint density at radius 2 is 1.76 bits per heavy atom. The molecule has 0 aliphatic carbocycles. The lowest BCUT2D eigenvalue weighted by molar-refractivity contribution is 0.0691. The molecule has 1 aliphatic heterocycles. The summed E-state index contributed by atoms with van der Waals surface area (Å²) < 4.78 is 26.9. The van der Waals surface area contributed by atoms with Gasteiger partial charge >= 0.3 is 0 Å². The Labute approximate surface area is 147 Å². The number of nitrogens with zero attached hydrogens (tertiary/aromatic N) is 4. The summed E-state index contributed by atoms with van der Waals surface area (Å²) in [6.45, 7) is 3.23. The van der Waals surface area contributed by atoms with E-state index in [2.05, 4.69) is 9.97 Å². The van der Waals surface area contributed by atoms with Gasteiger partial charge in [-0.15, -0.1) is 0 Å². The number of rotatable bonds is 4. The highest BCUT2D eigenvalue weighted by Crippen LogP contribution is 2.19. The first kappa shape index (κ1) is 17.5. The summed E-state index contributed by atoms with van der Waals surface area (Å²) in [5, 5.41) is 0. The molecule has 1 fully saturated rings. The number of benzene rings is 1. The molecule has 132 valence electrons. The van der Waals surface area contributed by atoms with Gasteiger partial charge in [-0.25, -0.2) is 13.4 Å². The van der Waals surface area contributed by atoms with Crippen molar-refractivity contribution >= 4 is 15.9 Å². The van der Waals surface area contributed by atoms with Gasteiger partial charge in [-0.05, 0) is 24.1 Å². The monoisotopic (exact) mass is 360 g/mol. The van der Waals surface area contributed by atoms with E-state index >= 15 is 0 Å². The molecule has 0 saturated carbocycles. The van der Waals surface area contributed by atoms with Gasteiger partial charge in [0.25, 0.3) is 5.91 Å². The first-order chi connectivity index (χ1) is 12.0. The molecule has 7 nitrogen and oxygen atoms in total. The SMILES string of the molecule is CCc1ccc(S(=O)(=O)N2CCN(C(=O)c3cnccn3)CC2)cc1. The molecule has 1 aromatic heterocycles. The van der Waals surface area contributed by atoms with Crippen LogP contribution in [0.2, 0.25) is 0 Å². The van der Waals surface area contributed by atoms with Crippen LogP contribution in [0.15, 0.2) is 47.8 Å². The number of carbonyl (C=O) groups excluding carboxylic acids is 1. The number of aromatic nitrogens is 2. The zero-order valence-electron chi connectivity index (χ0n) is 14.0. The van der Waals surface area contributed by atoms with E-state index in [1.165, 1.54) is 22.9 Å². The van der Waals surface area contributed by atoms with Gasteiger partial charge in [-0.3, -0.25) is 9.78 Å². The quantitative estimate of drug-likeness (QED) is 0.818. The summed E-state index contributed by atoms with van der Waals surface area (Å²) in [5.41, 5.74) is 1.37. The van der Waals surface area contributed by atoms with Crippen molar-refractivity contribution in [2.75, 3.05) is 26.2 Å². The molecular formula is C17H20N4O3S. The minimum atomic E-state index is -3.53. The summed E-state index contributed by atoms with van der Waals surface area (Å²) in [6.07, 6.45) is 5.25. The van der Waals surface area contributed by atoms with Crippen LogP contribution in [0, 0.1) is 0 Å². The Kier molecular flexibility index (Phi) is 5.10. The third-order valence-corrected chi connectivity index (χ3v) is 6.19. The molecule has 25 heavy (non-hydrogen) atoms. The highest BCUT2D eigenvalue weighted by Gasteiger charge is 2.30. The molecule has 2 aromatic rings. The van der Waals surface area contributed by atoms with E-state index in [4.69, 9.17) is 0 Å². The lowest BCUT2D eigenvalue weighted by atomic mass is 10.2. The number of hydrogen-bond acceptors (Lipinski definition) is 5. The molecule has 0 bridgehead atoms. The molecule has 0 N–H and O–H groups in total. The summed E-state index contributed by atoms with van der Waals surface area (Å²) in [6, 6.07) is 6.96. The Morgan fingerprint density at radius 3 is 2.32 bits per heavy atom. The fraction of sp³-hybridized carbons (Fsp3) is 0.353. The van der Waals surface area contributed by atoms with Gasteiger partial charge < -0.3 is 4.90 Å². The molecule has 2 heterocycles. The maximum atomic E-state index is 12.7. The van der Waals surface area contributed by atoms with Crippen LogP contribution in [-0.4, -0.2) is 59.7 Å². The van der Waals surface area contributed by atoms with Crippen LogP contribution in [-0.2, 0) is 16.4 Å². The fourth-order valence-electron chi connectivity index (χ4n) is 2.75. The molecule has 0 unspecified atom stereocenters. The molecule has 8 heteroatoms. The number of carbonyl (C=O) groups is 1. The Bertz CT molecular complexity index is 830. The normalized spacial score (nSPS) is 16.0. The van der Waals surface area contributed by atoms with Gasteiger partial charge in [-0.1, -0.05) is 19.1 Å². The van der Waals surface area contributed by atoms with Crippen molar-refractivity contribution in [3.8, 4) is 0 Å². The van der Waals surface area contributed by atoms with E-state index < -0.39 is 10.0 Å². The second-order valence-electron chi connectivity index (χ2n) is 5.78. The largest absolute Gasteiger partial charge is 0.335 e. The number of amides is 1. The van der Waals surface area contributed by atoms with Gasteiger partial charge in [0, 0.05) is 38.6 Å². The Balaban J connectivity index is 1.67. The Morgan fingerprint density at radius 1 is 1.08 bits per heavy atom. The van der Waals surface area contributed by atoms with Crippen molar-refractivity contribution in [3.63, 3.8) is 0 Å². The van der Waals surface area contributed by atoms with Crippen LogP contribution in [0.25, 0.3) is 0 Å².